The van der Waals surface area contributed by atoms with Gasteiger partial charge in [-0.05, 0) is 30.7 Å². The molecule has 1 aliphatic heterocycles. The third-order valence-electron chi connectivity index (χ3n) is 5.35. The van der Waals surface area contributed by atoms with Crippen LogP contribution in [0.3, 0.4) is 0 Å². The highest BCUT2D eigenvalue weighted by Crippen LogP contribution is 2.51. The predicted molar refractivity (Wildman–Crippen MR) is 122 cm³/mol. The van der Waals surface area contributed by atoms with Gasteiger partial charge in [0, 0.05) is 36.8 Å². The number of aliphatic hydroxyl groups excluding tert-OH is 2. The smallest absolute Gasteiger partial charge is 0.131 e. The molecule has 2 heterocycles. The molecule has 0 fully saturated rings. The largest absolute Gasteiger partial charge is 0.394 e. The molecule has 7 nitrogen and oxygen atoms in total. The number of pyridine rings is 1. The van der Waals surface area contributed by atoms with Crippen molar-refractivity contribution in [1.82, 2.24) is 4.98 Å². The number of anilines is 2. The molecule has 2 aromatic carbocycles. The van der Waals surface area contributed by atoms with Gasteiger partial charge in [0.2, 0.25) is 0 Å². The lowest BCUT2D eigenvalue weighted by Crippen LogP contribution is -2.26. The number of rotatable bonds is 5. The third-order valence-corrected chi connectivity index (χ3v) is 7.20. The zero-order chi connectivity index (χ0) is 21.3. The standard InChI is InChI=1S/C22H27N3O4S/c1-15-6-7-19-18(10-15)20(23-12-17(27)14-26)11-22(24-19)25-8-9-30(28,29)21-5-3-2-4-16(21)13-25/h2-7,10-11,17,26-29H,8-9,12-14H2,1H3,(H,23,24)/t17-/m1/s1. The summed E-state index contributed by atoms with van der Waals surface area (Å²) in [5.41, 5.74) is 3.60. The maximum atomic E-state index is 10.6. The van der Waals surface area contributed by atoms with Gasteiger partial charge in [-0.3, -0.25) is 9.11 Å². The molecule has 30 heavy (non-hydrogen) atoms. The second-order valence-electron chi connectivity index (χ2n) is 7.67. The van der Waals surface area contributed by atoms with Gasteiger partial charge < -0.3 is 20.4 Å². The van der Waals surface area contributed by atoms with Crippen molar-refractivity contribution in [2.45, 2.75) is 24.5 Å². The molecule has 0 aliphatic carbocycles. The van der Waals surface area contributed by atoms with E-state index in [0.717, 1.165) is 33.5 Å². The highest BCUT2D eigenvalue weighted by atomic mass is 32.3. The Hall–Kier alpha value is -2.36. The summed E-state index contributed by atoms with van der Waals surface area (Å²) < 4.78 is 21.3. The van der Waals surface area contributed by atoms with Gasteiger partial charge in [-0.25, -0.2) is 4.98 Å². The van der Waals surface area contributed by atoms with Crippen LogP contribution in [0, 0.1) is 6.92 Å². The number of benzene rings is 2. The van der Waals surface area contributed by atoms with Crippen molar-refractivity contribution in [2.75, 3.05) is 35.7 Å². The number of aromatic nitrogens is 1. The molecule has 0 amide bonds. The lowest BCUT2D eigenvalue weighted by Gasteiger charge is -2.32. The lowest BCUT2D eigenvalue weighted by atomic mass is 10.1. The summed E-state index contributed by atoms with van der Waals surface area (Å²) in [6.45, 7) is 2.89. The van der Waals surface area contributed by atoms with Crippen molar-refractivity contribution in [2.24, 2.45) is 0 Å². The SMILES string of the molecule is Cc1ccc2nc(N3CCS(O)(O)c4ccccc4C3)cc(NC[C@@H](O)CO)c2c1. The second kappa shape index (κ2) is 8.41. The summed E-state index contributed by atoms with van der Waals surface area (Å²) >= 11 is 0. The Labute approximate surface area is 177 Å². The van der Waals surface area contributed by atoms with E-state index in [1.165, 1.54) is 0 Å². The molecule has 0 saturated heterocycles. The molecule has 8 heteroatoms. The van der Waals surface area contributed by atoms with E-state index in [2.05, 4.69) is 5.32 Å². The summed E-state index contributed by atoms with van der Waals surface area (Å²) in [6, 6.07) is 15.4. The van der Waals surface area contributed by atoms with Crippen molar-refractivity contribution in [3.8, 4) is 0 Å². The number of aliphatic hydroxyl groups is 2. The first-order valence-electron chi connectivity index (χ1n) is 9.90. The number of hydrogen-bond acceptors (Lipinski definition) is 7. The van der Waals surface area contributed by atoms with Crippen LogP contribution in [0.4, 0.5) is 11.5 Å². The molecule has 160 valence electrons. The first kappa shape index (κ1) is 20.9. The normalized spacial score (nSPS) is 17.8. The van der Waals surface area contributed by atoms with E-state index in [9.17, 15) is 14.2 Å². The molecular formula is C22H27N3O4S. The maximum absolute atomic E-state index is 10.6. The highest BCUT2D eigenvalue weighted by molar-refractivity contribution is 8.24. The van der Waals surface area contributed by atoms with E-state index in [-0.39, 0.29) is 18.9 Å². The van der Waals surface area contributed by atoms with Crippen LogP contribution in [-0.2, 0) is 6.54 Å². The summed E-state index contributed by atoms with van der Waals surface area (Å²) in [4.78, 5) is 7.48. The van der Waals surface area contributed by atoms with Crippen molar-refractivity contribution in [1.29, 1.82) is 0 Å². The Morgan fingerprint density at radius 1 is 1.17 bits per heavy atom. The van der Waals surface area contributed by atoms with Crippen molar-refractivity contribution in [3.05, 3.63) is 59.7 Å². The topological polar surface area (TPSA) is 109 Å². The van der Waals surface area contributed by atoms with E-state index >= 15 is 0 Å². The predicted octanol–water partition coefficient (Wildman–Crippen LogP) is 3.44. The Balaban J connectivity index is 1.74. The van der Waals surface area contributed by atoms with E-state index in [1.807, 2.05) is 54.3 Å². The fourth-order valence-corrected chi connectivity index (χ4v) is 5.25. The Kier molecular flexibility index (Phi) is 5.86. The minimum Gasteiger partial charge on any atom is -0.394 e. The average molecular weight is 430 g/mol. The Morgan fingerprint density at radius 3 is 2.77 bits per heavy atom. The molecular weight excluding hydrogens is 402 g/mol. The van der Waals surface area contributed by atoms with Gasteiger partial charge >= 0.3 is 0 Å². The molecule has 0 saturated carbocycles. The molecule has 0 unspecified atom stereocenters. The van der Waals surface area contributed by atoms with Gasteiger partial charge in [0.1, 0.15) is 5.82 Å². The Bertz CT molecular complexity index is 1060. The van der Waals surface area contributed by atoms with Crippen LogP contribution in [0.2, 0.25) is 0 Å². The molecule has 3 aromatic rings. The first-order chi connectivity index (χ1) is 14.4. The monoisotopic (exact) mass is 429 g/mol. The minimum atomic E-state index is -2.85. The van der Waals surface area contributed by atoms with E-state index in [0.29, 0.717) is 18.0 Å². The molecule has 5 N–H and O–H groups in total. The molecule has 1 aliphatic rings. The van der Waals surface area contributed by atoms with Crippen LogP contribution < -0.4 is 10.2 Å². The number of aryl methyl sites for hydroxylation is 1. The van der Waals surface area contributed by atoms with Crippen LogP contribution in [0.5, 0.6) is 0 Å². The maximum Gasteiger partial charge on any atom is 0.131 e. The Morgan fingerprint density at radius 2 is 1.97 bits per heavy atom. The fourth-order valence-electron chi connectivity index (χ4n) is 3.71. The third kappa shape index (κ3) is 4.23. The van der Waals surface area contributed by atoms with Gasteiger partial charge in [0.25, 0.3) is 0 Å². The average Bonchev–Trinajstić information content (AvgIpc) is 2.88. The van der Waals surface area contributed by atoms with E-state index in [4.69, 9.17) is 10.1 Å². The summed E-state index contributed by atoms with van der Waals surface area (Å²) in [5, 5.41) is 23.1. The van der Waals surface area contributed by atoms with Crippen LogP contribution in [0.1, 0.15) is 11.1 Å². The highest BCUT2D eigenvalue weighted by Gasteiger charge is 2.26. The summed E-state index contributed by atoms with van der Waals surface area (Å²) in [5.74, 6) is 0.961. The summed E-state index contributed by atoms with van der Waals surface area (Å²) in [6.07, 6.45) is -0.862. The zero-order valence-electron chi connectivity index (χ0n) is 16.8. The van der Waals surface area contributed by atoms with Gasteiger partial charge in [0.15, 0.2) is 0 Å². The van der Waals surface area contributed by atoms with Crippen molar-refractivity contribution < 1.29 is 19.3 Å². The van der Waals surface area contributed by atoms with Crippen molar-refractivity contribution in [3.63, 3.8) is 0 Å². The number of fused-ring (bicyclic) bond motifs is 2. The molecule has 1 atom stereocenters. The second-order valence-corrected chi connectivity index (χ2v) is 9.85. The number of hydrogen-bond donors (Lipinski definition) is 5. The minimum absolute atomic E-state index is 0.215. The van der Waals surface area contributed by atoms with Crippen LogP contribution in [0.25, 0.3) is 10.9 Å². The molecule has 0 radical (unpaired) electrons. The molecule has 4 rings (SSSR count). The van der Waals surface area contributed by atoms with Gasteiger partial charge in [-0.2, -0.15) is 10.6 Å². The molecule has 0 spiro atoms. The fraction of sp³-hybridized carbons (Fsp3) is 0.318. The number of nitrogens with one attached hydrogen (secondary N) is 1. The molecule has 0 bridgehead atoms. The van der Waals surface area contributed by atoms with Gasteiger partial charge in [0.05, 0.1) is 28.9 Å². The first-order valence-corrected chi connectivity index (χ1v) is 11.6. The quantitative estimate of drug-likeness (QED) is 0.423. The van der Waals surface area contributed by atoms with E-state index in [1.54, 1.807) is 6.07 Å². The van der Waals surface area contributed by atoms with Gasteiger partial charge in [-0.15, -0.1) is 0 Å². The van der Waals surface area contributed by atoms with Crippen LogP contribution in [0.15, 0.2) is 53.4 Å². The van der Waals surface area contributed by atoms with Crippen LogP contribution in [-0.4, -0.2) is 55.9 Å². The summed E-state index contributed by atoms with van der Waals surface area (Å²) in [7, 11) is -2.85. The lowest BCUT2D eigenvalue weighted by molar-refractivity contribution is 0.105. The van der Waals surface area contributed by atoms with E-state index < -0.39 is 16.7 Å². The number of nitrogens with zero attached hydrogens (tertiary/aromatic N) is 2. The van der Waals surface area contributed by atoms with Crippen molar-refractivity contribution >= 4 is 33.0 Å². The van der Waals surface area contributed by atoms with Crippen LogP contribution >= 0.6 is 10.6 Å². The zero-order valence-corrected chi connectivity index (χ0v) is 17.6. The molecule has 1 aromatic heterocycles. The van der Waals surface area contributed by atoms with Gasteiger partial charge in [-0.1, -0.05) is 29.8 Å².